The van der Waals surface area contributed by atoms with Crippen LogP contribution in [0.2, 0.25) is 10.0 Å². The third-order valence-corrected chi connectivity index (χ3v) is 5.34. The lowest BCUT2D eigenvalue weighted by Crippen LogP contribution is -2.31. The number of benzene rings is 2. The predicted octanol–water partition coefficient (Wildman–Crippen LogP) is 5.02. The third-order valence-electron chi connectivity index (χ3n) is 4.83. The molecular weight excluding hydrogens is 403 g/mol. The molecule has 0 bridgehead atoms. The first-order valence-electron chi connectivity index (χ1n) is 8.68. The highest BCUT2D eigenvalue weighted by Gasteiger charge is 2.35. The van der Waals surface area contributed by atoms with Crippen molar-refractivity contribution >= 4 is 52.2 Å². The molecule has 1 unspecified atom stereocenters. The zero-order valence-corrected chi connectivity index (χ0v) is 16.1. The molecule has 8 heteroatoms. The van der Waals surface area contributed by atoms with E-state index in [2.05, 4.69) is 5.32 Å². The van der Waals surface area contributed by atoms with Gasteiger partial charge in [0.25, 0.3) is 5.91 Å². The van der Waals surface area contributed by atoms with E-state index in [9.17, 15) is 9.59 Å². The lowest BCUT2D eigenvalue weighted by Gasteiger charge is -2.30. The van der Waals surface area contributed by atoms with Gasteiger partial charge in [-0.15, -0.1) is 0 Å². The molecule has 2 aromatic carbocycles. The van der Waals surface area contributed by atoms with Crippen LogP contribution < -0.4 is 10.2 Å². The fourth-order valence-corrected chi connectivity index (χ4v) is 4.31. The summed E-state index contributed by atoms with van der Waals surface area (Å²) in [6, 6.07) is 12.7. The van der Waals surface area contributed by atoms with Crippen molar-refractivity contribution in [2.24, 2.45) is 0 Å². The minimum Gasteiger partial charge on any atom is -0.450 e. The predicted molar refractivity (Wildman–Crippen MR) is 108 cm³/mol. The molecule has 1 fully saturated rings. The number of hydrogen-bond acceptors (Lipinski definition) is 4. The van der Waals surface area contributed by atoms with Crippen LogP contribution in [0.1, 0.15) is 18.4 Å². The van der Waals surface area contributed by atoms with Gasteiger partial charge >= 0.3 is 6.16 Å². The first kappa shape index (κ1) is 18.7. The van der Waals surface area contributed by atoms with Crippen molar-refractivity contribution in [3.8, 4) is 0 Å². The molecule has 0 saturated carbocycles. The number of rotatable bonds is 2. The van der Waals surface area contributed by atoms with E-state index in [1.54, 1.807) is 17.0 Å². The maximum absolute atomic E-state index is 13.1. The Labute approximate surface area is 171 Å². The first-order chi connectivity index (χ1) is 13.4. The number of carboxylic acid groups (broad SMARTS) is 1. The van der Waals surface area contributed by atoms with Crippen molar-refractivity contribution in [2.45, 2.75) is 19.1 Å². The number of nitrogens with zero attached hydrogens (tertiary/aromatic N) is 1. The molecule has 2 aromatic rings. The molecule has 28 heavy (non-hydrogen) atoms. The Morgan fingerprint density at radius 2 is 1.93 bits per heavy atom. The fourth-order valence-electron chi connectivity index (χ4n) is 3.70. The van der Waals surface area contributed by atoms with E-state index in [1.807, 2.05) is 30.3 Å². The Kier molecular flexibility index (Phi) is 4.91. The van der Waals surface area contributed by atoms with Crippen LogP contribution in [0.4, 0.5) is 16.2 Å². The van der Waals surface area contributed by atoms with Crippen LogP contribution in [0.25, 0.3) is 5.57 Å². The second kappa shape index (κ2) is 7.37. The van der Waals surface area contributed by atoms with E-state index in [0.29, 0.717) is 45.4 Å². The molecule has 0 aliphatic carbocycles. The Balaban J connectivity index is 1.79. The second-order valence-corrected chi connectivity index (χ2v) is 7.37. The quantitative estimate of drug-likeness (QED) is 0.528. The third kappa shape index (κ3) is 3.41. The monoisotopic (exact) mass is 418 g/mol. The highest BCUT2D eigenvalue weighted by molar-refractivity contribution is 6.37. The van der Waals surface area contributed by atoms with Gasteiger partial charge in [-0.1, -0.05) is 41.4 Å². The van der Waals surface area contributed by atoms with Crippen LogP contribution in [-0.2, 0) is 9.53 Å². The number of hydrogen-bond donors (Lipinski definition) is 2. The Bertz CT molecular complexity index is 991. The average molecular weight is 419 g/mol. The van der Waals surface area contributed by atoms with E-state index >= 15 is 0 Å². The molecule has 144 valence electrons. The fraction of sp³-hybridized carbons (Fsp3) is 0.200. The van der Waals surface area contributed by atoms with Crippen LogP contribution in [0.3, 0.4) is 0 Å². The van der Waals surface area contributed by atoms with Crippen molar-refractivity contribution in [1.82, 2.24) is 0 Å². The summed E-state index contributed by atoms with van der Waals surface area (Å²) in [4.78, 5) is 25.9. The number of amides is 1. The summed E-state index contributed by atoms with van der Waals surface area (Å²) in [5.74, 6) is -0.117. The molecule has 1 amide bonds. The number of carbonyl (C=O) groups excluding carboxylic acids is 1. The summed E-state index contributed by atoms with van der Waals surface area (Å²) in [7, 11) is 0. The van der Waals surface area contributed by atoms with Gasteiger partial charge in [-0.2, -0.15) is 0 Å². The summed E-state index contributed by atoms with van der Waals surface area (Å²) >= 11 is 12.5. The van der Waals surface area contributed by atoms with Crippen LogP contribution in [-0.4, -0.2) is 29.9 Å². The minimum absolute atomic E-state index is 0.117. The smallest absolute Gasteiger partial charge is 0.450 e. The van der Waals surface area contributed by atoms with E-state index in [-0.39, 0.29) is 12.3 Å². The molecule has 2 heterocycles. The molecule has 0 aromatic heterocycles. The largest absolute Gasteiger partial charge is 0.507 e. The van der Waals surface area contributed by atoms with Gasteiger partial charge in [0.05, 0.1) is 5.02 Å². The molecule has 2 aliphatic rings. The summed E-state index contributed by atoms with van der Waals surface area (Å²) < 4.78 is 4.92. The normalized spacial score (nSPS) is 21.3. The van der Waals surface area contributed by atoms with Gasteiger partial charge in [0, 0.05) is 40.5 Å². The summed E-state index contributed by atoms with van der Waals surface area (Å²) in [6.45, 7) is 0.542. The topological polar surface area (TPSA) is 78.9 Å². The van der Waals surface area contributed by atoms with Crippen molar-refractivity contribution in [2.75, 3.05) is 16.8 Å². The molecule has 1 saturated heterocycles. The molecular formula is C20H16Cl2N2O4. The van der Waals surface area contributed by atoms with Gasteiger partial charge in [0.2, 0.25) is 0 Å². The number of anilines is 2. The number of halogens is 2. The van der Waals surface area contributed by atoms with Crippen molar-refractivity contribution in [1.29, 1.82) is 0 Å². The van der Waals surface area contributed by atoms with Gasteiger partial charge in [-0.3, -0.25) is 4.79 Å². The van der Waals surface area contributed by atoms with Crippen LogP contribution in [0.15, 0.2) is 48.0 Å². The highest BCUT2D eigenvalue weighted by atomic mass is 35.5. The zero-order valence-electron chi connectivity index (χ0n) is 14.6. The standard InChI is InChI=1S/C20H16Cl2N2O4/c21-11-8-15(22)18-14(10-17(28-20(26)27)23-16(18)9-11)13-6-7-24(19(13)25)12-4-2-1-3-5-12/h1-5,8-9,17,23H,6-7,10H2,(H,26,27). The van der Waals surface area contributed by atoms with E-state index < -0.39 is 12.4 Å². The van der Waals surface area contributed by atoms with Crippen molar-refractivity contribution in [3.63, 3.8) is 0 Å². The lowest BCUT2D eigenvalue weighted by molar-refractivity contribution is -0.114. The van der Waals surface area contributed by atoms with Crippen LogP contribution >= 0.6 is 23.2 Å². The SMILES string of the molecule is O=C(O)OC1CC(=C2CCN(c3ccccc3)C2=O)c2c(Cl)cc(Cl)cc2N1. The molecule has 0 spiro atoms. The number of carbonyl (C=O) groups is 2. The van der Waals surface area contributed by atoms with E-state index in [4.69, 9.17) is 33.0 Å². The van der Waals surface area contributed by atoms with E-state index in [0.717, 1.165) is 5.69 Å². The molecule has 1 atom stereocenters. The molecule has 0 radical (unpaired) electrons. The lowest BCUT2D eigenvalue weighted by atomic mass is 9.91. The first-order valence-corrected chi connectivity index (χ1v) is 9.44. The minimum atomic E-state index is -1.40. The van der Waals surface area contributed by atoms with Crippen LogP contribution in [0, 0.1) is 0 Å². The number of ether oxygens (including phenoxy) is 1. The zero-order chi connectivity index (χ0) is 19.8. The van der Waals surface area contributed by atoms with E-state index in [1.165, 1.54) is 0 Å². The highest BCUT2D eigenvalue weighted by Crippen LogP contribution is 2.44. The molecule has 4 rings (SSSR count). The number of nitrogens with one attached hydrogen (secondary N) is 1. The van der Waals surface area contributed by atoms with Gasteiger partial charge in [0.1, 0.15) is 0 Å². The Morgan fingerprint density at radius 1 is 1.18 bits per heavy atom. The average Bonchev–Trinajstić information content (AvgIpc) is 3.02. The molecule has 6 nitrogen and oxygen atoms in total. The maximum atomic E-state index is 13.1. The molecule has 2 aliphatic heterocycles. The summed E-state index contributed by atoms with van der Waals surface area (Å²) in [6.07, 6.45) is -1.51. The maximum Gasteiger partial charge on any atom is 0.507 e. The van der Waals surface area contributed by atoms with Gasteiger partial charge in [-0.05, 0) is 36.3 Å². The Morgan fingerprint density at radius 3 is 2.64 bits per heavy atom. The molecule has 2 N–H and O–H groups in total. The van der Waals surface area contributed by atoms with Gasteiger partial charge in [-0.25, -0.2) is 4.79 Å². The number of fused-ring (bicyclic) bond motifs is 1. The van der Waals surface area contributed by atoms with Crippen molar-refractivity contribution < 1.29 is 19.4 Å². The summed E-state index contributed by atoms with van der Waals surface area (Å²) in [5, 5.41) is 12.8. The van der Waals surface area contributed by atoms with Gasteiger partial charge < -0.3 is 20.1 Å². The van der Waals surface area contributed by atoms with Crippen molar-refractivity contribution in [3.05, 3.63) is 63.6 Å². The number of para-hydroxylation sites is 1. The second-order valence-electron chi connectivity index (χ2n) is 6.53. The Hall–Kier alpha value is -2.70. The van der Waals surface area contributed by atoms with Gasteiger partial charge in [0.15, 0.2) is 6.23 Å². The van der Waals surface area contributed by atoms with Crippen LogP contribution in [0.5, 0.6) is 0 Å². The summed E-state index contributed by atoms with van der Waals surface area (Å²) in [5.41, 5.74) is 3.32.